The number of aryl methyl sites for hydroxylation is 1. The lowest BCUT2D eigenvalue weighted by atomic mass is 9.47. The van der Waals surface area contributed by atoms with Crippen molar-refractivity contribution < 1.29 is 32.0 Å². The second-order valence-electron chi connectivity index (χ2n) is 12.6. The van der Waals surface area contributed by atoms with Crippen LogP contribution in [0.2, 0.25) is 0 Å². The maximum absolute atomic E-state index is 13.2. The van der Waals surface area contributed by atoms with E-state index in [1.54, 1.807) is 18.2 Å². The summed E-state index contributed by atoms with van der Waals surface area (Å²) in [5.41, 5.74) is -0.344. The Morgan fingerprint density at radius 2 is 1.76 bits per heavy atom. The fourth-order valence-electron chi connectivity index (χ4n) is 7.71. The van der Waals surface area contributed by atoms with E-state index in [0.717, 1.165) is 24.8 Å². The zero-order chi connectivity index (χ0) is 28.1. The van der Waals surface area contributed by atoms with E-state index in [9.17, 15) is 23.1 Å². The molecule has 8 atom stereocenters. The number of carbonyl (C=O) groups excluding carboxylic acids is 2. The van der Waals surface area contributed by atoms with Gasteiger partial charge in [0.1, 0.15) is 11.9 Å². The van der Waals surface area contributed by atoms with Gasteiger partial charge in [0.25, 0.3) is 10.1 Å². The zero-order valence-corrected chi connectivity index (χ0v) is 24.1. The number of aliphatic hydroxyl groups excluding tert-OH is 1. The molecule has 0 aliphatic heterocycles. The van der Waals surface area contributed by atoms with Gasteiger partial charge < -0.3 is 9.84 Å². The molecule has 0 heterocycles. The highest BCUT2D eigenvalue weighted by Crippen LogP contribution is 2.65. The lowest BCUT2D eigenvalue weighted by Gasteiger charge is -2.58. The fraction of sp³-hybridized carbons (Fsp3) is 0.667. The normalized spacial score (nSPS) is 39.4. The predicted molar refractivity (Wildman–Crippen MR) is 144 cm³/mol. The van der Waals surface area contributed by atoms with E-state index in [0.29, 0.717) is 19.3 Å². The number of ketones is 1. The molecule has 0 radical (unpaired) electrons. The number of hydrogen-bond acceptors (Lipinski definition) is 7. The molecule has 38 heavy (non-hydrogen) atoms. The van der Waals surface area contributed by atoms with E-state index in [-0.39, 0.29) is 39.3 Å². The molecule has 8 heteroatoms. The van der Waals surface area contributed by atoms with Crippen molar-refractivity contribution >= 4 is 21.9 Å². The summed E-state index contributed by atoms with van der Waals surface area (Å²) in [7, 11) is -4.12. The maximum atomic E-state index is 13.2. The Balaban J connectivity index is 1.58. The molecule has 4 aliphatic rings. The molecule has 0 amide bonds. The number of carbonyl (C=O) groups is 2. The van der Waals surface area contributed by atoms with Crippen LogP contribution in [-0.4, -0.2) is 44.1 Å². The molecule has 1 N–H and O–H groups in total. The Bertz CT molecular complexity index is 1190. The highest BCUT2D eigenvalue weighted by Gasteiger charge is 2.62. The van der Waals surface area contributed by atoms with E-state index >= 15 is 0 Å². The van der Waals surface area contributed by atoms with Crippen LogP contribution in [0.15, 0.2) is 41.8 Å². The van der Waals surface area contributed by atoms with Crippen LogP contribution in [0.25, 0.3) is 0 Å². The van der Waals surface area contributed by atoms with Gasteiger partial charge in [-0.3, -0.25) is 8.98 Å². The van der Waals surface area contributed by atoms with Gasteiger partial charge in [0, 0.05) is 17.8 Å². The third kappa shape index (κ3) is 5.00. The Kier molecular flexibility index (Phi) is 7.76. The number of rotatable bonds is 6. The second-order valence-corrected chi connectivity index (χ2v) is 14.2. The molecule has 4 aliphatic carbocycles. The molecule has 2 bridgehead atoms. The molecule has 1 spiro atoms. The van der Waals surface area contributed by atoms with Gasteiger partial charge in [-0.25, -0.2) is 4.79 Å². The maximum Gasteiger partial charge on any atom is 0.333 e. The minimum absolute atomic E-state index is 0.0285. The van der Waals surface area contributed by atoms with Crippen molar-refractivity contribution in [3.63, 3.8) is 0 Å². The van der Waals surface area contributed by atoms with Crippen LogP contribution in [0.1, 0.15) is 71.8 Å². The zero-order valence-electron chi connectivity index (χ0n) is 23.2. The number of fused-ring (bicyclic) bond motifs is 6. The van der Waals surface area contributed by atoms with Crippen molar-refractivity contribution in [2.45, 2.75) is 90.2 Å². The van der Waals surface area contributed by atoms with Crippen molar-refractivity contribution in [2.24, 2.45) is 34.0 Å². The summed E-state index contributed by atoms with van der Waals surface area (Å²) >= 11 is 0. The van der Waals surface area contributed by atoms with Gasteiger partial charge in [-0.2, -0.15) is 8.42 Å². The van der Waals surface area contributed by atoms with Gasteiger partial charge in [0.15, 0.2) is 6.61 Å². The third-order valence-corrected chi connectivity index (χ3v) is 11.7. The van der Waals surface area contributed by atoms with Crippen molar-refractivity contribution in [1.29, 1.82) is 0 Å². The van der Waals surface area contributed by atoms with E-state index in [1.165, 1.54) is 12.1 Å². The topological polar surface area (TPSA) is 107 Å². The Hall–Kier alpha value is -2.03. The summed E-state index contributed by atoms with van der Waals surface area (Å²) < 4.78 is 36.1. The van der Waals surface area contributed by atoms with Crippen LogP contribution in [0, 0.1) is 40.9 Å². The monoisotopic (exact) mass is 546 g/mol. The highest BCUT2D eigenvalue weighted by molar-refractivity contribution is 7.86. The molecular weight excluding hydrogens is 504 g/mol. The average molecular weight is 547 g/mol. The smallest absolute Gasteiger partial charge is 0.333 e. The van der Waals surface area contributed by atoms with Crippen LogP contribution in [-0.2, 0) is 28.6 Å². The Morgan fingerprint density at radius 1 is 1.11 bits per heavy atom. The first kappa shape index (κ1) is 29.0. The summed E-state index contributed by atoms with van der Waals surface area (Å²) in [6.07, 6.45) is 4.25. The van der Waals surface area contributed by atoms with Crippen LogP contribution in [0.3, 0.4) is 0 Å². The van der Waals surface area contributed by atoms with Crippen LogP contribution in [0.4, 0.5) is 0 Å². The Morgan fingerprint density at radius 3 is 2.39 bits per heavy atom. The SMILES string of the molecule is C=C[C@]1(C)C[C@@H](OC(=O)COS(=O)(=O)c2ccc(C)cc2)CC2(C)CC[C@]3(CCC(=O)[C@H]3[C@H]2C)[C@@H](C)[C@@H]1O. The number of esters is 1. The molecule has 210 valence electrons. The molecule has 0 aromatic heterocycles. The van der Waals surface area contributed by atoms with Crippen molar-refractivity contribution in [2.75, 3.05) is 6.61 Å². The minimum atomic E-state index is -4.12. The van der Waals surface area contributed by atoms with Crippen molar-refractivity contribution in [3.8, 4) is 0 Å². The summed E-state index contributed by atoms with van der Waals surface area (Å²) in [4.78, 5) is 26.1. The highest BCUT2D eigenvalue weighted by atomic mass is 32.2. The molecule has 4 saturated carbocycles. The van der Waals surface area contributed by atoms with E-state index < -0.39 is 40.3 Å². The van der Waals surface area contributed by atoms with Gasteiger partial charge in [0.2, 0.25) is 0 Å². The third-order valence-electron chi connectivity index (χ3n) is 10.4. The molecule has 7 nitrogen and oxygen atoms in total. The molecule has 1 unspecified atom stereocenters. The van der Waals surface area contributed by atoms with Crippen molar-refractivity contribution in [3.05, 3.63) is 42.5 Å². The quantitative estimate of drug-likeness (QED) is 0.304. The second kappa shape index (κ2) is 10.2. The molecule has 1 aromatic carbocycles. The summed E-state index contributed by atoms with van der Waals surface area (Å²) in [5.74, 6) is -0.723. The van der Waals surface area contributed by atoms with Crippen LogP contribution < -0.4 is 0 Å². The van der Waals surface area contributed by atoms with Crippen LogP contribution >= 0.6 is 0 Å². The molecule has 4 fully saturated rings. The number of aliphatic hydroxyl groups is 1. The predicted octanol–water partition coefficient (Wildman–Crippen LogP) is 5.00. The Labute approximate surface area is 227 Å². The lowest BCUT2D eigenvalue weighted by Crippen LogP contribution is -2.56. The largest absolute Gasteiger partial charge is 0.461 e. The van der Waals surface area contributed by atoms with Gasteiger partial charge in [-0.1, -0.05) is 51.5 Å². The number of benzene rings is 1. The first-order chi connectivity index (χ1) is 17.7. The number of ether oxygens (including phenoxy) is 1. The first-order valence-electron chi connectivity index (χ1n) is 13.7. The summed E-state index contributed by atoms with van der Waals surface area (Å²) in [6, 6.07) is 6.19. The van der Waals surface area contributed by atoms with Crippen LogP contribution in [0.5, 0.6) is 0 Å². The molecule has 1 aromatic rings. The van der Waals surface area contributed by atoms with E-state index in [4.69, 9.17) is 8.92 Å². The first-order valence-corrected chi connectivity index (χ1v) is 15.1. The number of Topliss-reactive ketones (excluding diaryl/α,β-unsaturated/α-hetero) is 1. The fourth-order valence-corrected chi connectivity index (χ4v) is 8.57. The van der Waals surface area contributed by atoms with E-state index in [1.807, 2.05) is 13.8 Å². The van der Waals surface area contributed by atoms with Crippen molar-refractivity contribution in [1.82, 2.24) is 0 Å². The van der Waals surface area contributed by atoms with Gasteiger partial charge >= 0.3 is 5.97 Å². The average Bonchev–Trinajstić information content (AvgIpc) is 3.21. The molecule has 0 saturated heterocycles. The summed E-state index contributed by atoms with van der Waals surface area (Å²) in [6.45, 7) is 13.4. The van der Waals surface area contributed by atoms with Gasteiger partial charge in [0.05, 0.1) is 11.0 Å². The lowest BCUT2D eigenvalue weighted by molar-refractivity contribution is -0.169. The molecule has 5 rings (SSSR count). The van der Waals surface area contributed by atoms with E-state index in [2.05, 4.69) is 27.4 Å². The standard InChI is InChI=1S/C30H42O7S/c1-7-28(5)16-22(37-25(32)18-36-38(34,35)23-10-8-19(2)9-11-23)17-29(6)14-15-30(21(4)27(28)33)13-12-24(31)26(30)20(29)3/h7-11,20-22,26-27,33H,1,12-18H2,2-6H3/t20-,21+,22-,26-,27+,28-,29?,30-/m1/s1. The van der Waals surface area contributed by atoms with Gasteiger partial charge in [-0.15, -0.1) is 6.58 Å². The molecular formula is C30H42O7S. The summed E-state index contributed by atoms with van der Waals surface area (Å²) in [5, 5.41) is 11.7. The number of hydrogen-bond donors (Lipinski definition) is 1. The minimum Gasteiger partial charge on any atom is -0.461 e. The van der Waals surface area contributed by atoms with Gasteiger partial charge in [-0.05, 0) is 73.8 Å².